The number of hydrogen-bond acceptors (Lipinski definition) is 5. The number of thiocarbonyl (C=S) groups is 1. The van der Waals surface area contributed by atoms with Gasteiger partial charge < -0.3 is 4.90 Å². The number of nitrogens with zero attached hydrogens (tertiary/aromatic N) is 2. The molecule has 128 valence electrons. The van der Waals surface area contributed by atoms with Crippen LogP contribution >= 0.6 is 35.3 Å². The van der Waals surface area contributed by atoms with Crippen molar-refractivity contribution in [3.8, 4) is 0 Å². The maximum Gasteiger partial charge on any atom is 0.266 e. The zero-order chi connectivity index (χ0) is 16.9. The van der Waals surface area contributed by atoms with E-state index in [2.05, 4.69) is 0 Å². The summed E-state index contributed by atoms with van der Waals surface area (Å²) in [4.78, 5) is 30.1. The van der Waals surface area contributed by atoms with Crippen LogP contribution in [0.4, 0.5) is 0 Å². The SMILES string of the molecule is O=C(CCN1C(=O)/C(=C\c2cccs2)SC1=S)N1CCCCCC1. The molecule has 2 aliphatic heterocycles. The third-order valence-electron chi connectivity index (χ3n) is 4.20. The van der Waals surface area contributed by atoms with Crippen molar-refractivity contribution in [2.45, 2.75) is 32.1 Å². The summed E-state index contributed by atoms with van der Waals surface area (Å²) in [5.41, 5.74) is 0. The van der Waals surface area contributed by atoms with Gasteiger partial charge in [-0.1, -0.05) is 42.9 Å². The van der Waals surface area contributed by atoms with Crippen LogP contribution in [0.1, 0.15) is 37.0 Å². The van der Waals surface area contributed by atoms with Gasteiger partial charge in [0, 0.05) is 30.9 Å². The highest BCUT2D eigenvalue weighted by molar-refractivity contribution is 8.26. The first-order chi connectivity index (χ1) is 11.6. The molecular weight excluding hydrogens is 360 g/mol. The van der Waals surface area contributed by atoms with Crippen LogP contribution in [-0.4, -0.2) is 45.6 Å². The largest absolute Gasteiger partial charge is 0.343 e. The van der Waals surface area contributed by atoms with Crippen LogP contribution in [0.15, 0.2) is 22.4 Å². The van der Waals surface area contributed by atoms with Crippen molar-refractivity contribution in [1.82, 2.24) is 9.80 Å². The highest BCUT2D eigenvalue weighted by Gasteiger charge is 2.32. The van der Waals surface area contributed by atoms with Crippen molar-refractivity contribution in [2.24, 2.45) is 0 Å². The summed E-state index contributed by atoms with van der Waals surface area (Å²) >= 11 is 8.24. The molecule has 0 bridgehead atoms. The summed E-state index contributed by atoms with van der Waals surface area (Å²) in [6.07, 6.45) is 6.78. The van der Waals surface area contributed by atoms with Gasteiger partial charge in [-0.2, -0.15) is 0 Å². The van der Waals surface area contributed by atoms with Gasteiger partial charge >= 0.3 is 0 Å². The molecule has 0 radical (unpaired) electrons. The van der Waals surface area contributed by atoms with Crippen molar-refractivity contribution < 1.29 is 9.59 Å². The third-order valence-corrected chi connectivity index (χ3v) is 6.40. The fourth-order valence-corrected chi connectivity index (χ4v) is 4.91. The summed E-state index contributed by atoms with van der Waals surface area (Å²) in [6, 6.07) is 3.93. The number of likely N-dealkylation sites (tertiary alicyclic amines) is 1. The standard InChI is InChI=1S/C17H20N2O2S3/c20-15(18-8-3-1-2-4-9-18)7-10-19-16(21)14(24-17(19)22)12-13-6-5-11-23-13/h5-6,11-12H,1-4,7-10H2/b14-12+. The Labute approximate surface area is 155 Å². The number of amides is 2. The third kappa shape index (κ3) is 4.26. The van der Waals surface area contributed by atoms with Gasteiger partial charge in [0.05, 0.1) is 4.91 Å². The lowest BCUT2D eigenvalue weighted by Crippen LogP contribution is -2.36. The molecule has 4 nitrogen and oxygen atoms in total. The number of rotatable bonds is 4. The van der Waals surface area contributed by atoms with Crippen LogP contribution in [0.2, 0.25) is 0 Å². The van der Waals surface area contributed by atoms with Crippen molar-refractivity contribution in [2.75, 3.05) is 19.6 Å². The molecule has 0 N–H and O–H groups in total. The molecule has 0 atom stereocenters. The summed E-state index contributed by atoms with van der Waals surface area (Å²) in [5, 5.41) is 1.98. The monoisotopic (exact) mass is 380 g/mol. The van der Waals surface area contributed by atoms with E-state index in [0.717, 1.165) is 30.8 Å². The fourth-order valence-electron chi connectivity index (χ4n) is 2.88. The Bertz CT molecular complexity index is 647. The molecule has 1 aromatic heterocycles. The second-order valence-corrected chi connectivity index (χ2v) is 8.55. The molecule has 0 spiro atoms. The van der Waals surface area contributed by atoms with E-state index in [9.17, 15) is 9.59 Å². The van der Waals surface area contributed by atoms with Gasteiger partial charge in [-0.05, 0) is 30.4 Å². The van der Waals surface area contributed by atoms with Gasteiger partial charge in [0.25, 0.3) is 5.91 Å². The molecule has 7 heteroatoms. The summed E-state index contributed by atoms with van der Waals surface area (Å²) in [6.45, 7) is 2.06. The lowest BCUT2D eigenvalue weighted by molar-refractivity contribution is -0.131. The molecule has 2 fully saturated rings. The maximum absolute atomic E-state index is 12.5. The van der Waals surface area contributed by atoms with E-state index in [4.69, 9.17) is 12.2 Å². The predicted octanol–water partition coefficient (Wildman–Crippen LogP) is 3.74. The maximum atomic E-state index is 12.5. The second kappa shape index (κ2) is 8.27. The zero-order valence-corrected chi connectivity index (χ0v) is 15.9. The molecular formula is C17H20N2O2S3. The Morgan fingerprint density at radius 2 is 2.00 bits per heavy atom. The lowest BCUT2D eigenvalue weighted by atomic mass is 10.2. The van der Waals surface area contributed by atoms with Crippen LogP contribution in [0.25, 0.3) is 6.08 Å². The van der Waals surface area contributed by atoms with Crippen LogP contribution in [0.5, 0.6) is 0 Å². The van der Waals surface area contributed by atoms with E-state index in [1.807, 2.05) is 28.5 Å². The minimum Gasteiger partial charge on any atom is -0.343 e. The quantitative estimate of drug-likeness (QED) is 0.589. The zero-order valence-electron chi connectivity index (χ0n) is 13.4. The van der Waals surface area contributed by atoms with E-state index >= 15 is 0 Å². The average molecular weight is 381 g/mol. The number of thioether (sulfide) groups is 1. The molecule has 2 saturated heterocycles. The highest BCUT2D eigenvalue weighted by Crippen LogP contribution is 2.33. The van der Waals surface area contributed by atoms with Crippen LogP contribution in [0, 0.1) is 0 Å². The molecule has 0 unspecified atom stereocenters. The fraction of sp³-hybridized carbons (Fsp3) is 0.471. The molecule has 0 aromatic carbocycles. The Kier molecular flexibility index (Phi) is 6.08. The van der Waals surface area contributed by atoms with Gasteiger partial charge in [-0.25, -0.2) is 0 Å². The first-order valence-corrected chi connectivity index (χ1v) is 10.3. The Morgan fingerprint density at radius 1 is 1.25 bits per heavy atom. The molecule has 24 heavy (non-hydrogen) atoms. The van der Waals surface area contributed by atoms with Gasteiger partial charge in [0.15, 0.2) is 0 Å². The molecule has 0 aliphatic carbocycles. The molecule has 1 aromatic rings. The van der Waals surface area contributed by atoms with Gasteiger partial charge in [0.1, 0.15) is 4.32 Å². The molecule has 0 saturated carbocycles. The van der Waals surface area contributed by atoms with E-state index in [1.54, 1.807) is 16.2 Å². The van der Waals surface area contributed by atoms with E-state index in [0.29, 0.717) is 22.2 Å². The topological polar surface area (TPSA) is 40.6 Å². The molecule has 3 heterocycles. The second-order valence-electron chi connectivity index (χ2n) is 5.89. The first kappa shape index (κ1) is 17.6. The molecule has 2 aliphatic rings. The predicted molar refractivity (Wildman–Crippen MR) is 104 cm³/mol. The Hall–Kier alpha value is -1.18. The average Bonchev–Trinajstić information content (AvgIpc) is 3.05. The van der Waals surface area contributed by atoms with Crippen molar-refractivity contribution in [1.29, 1.82) is 0 Å². The van der Waals surface area contributed by atoms with Crippen molar-refractivity contribution in [3.05, 3.63) is 27.3 Å². The minimum atomic E-state index is -0.0814. The van der Waals surface area contributed by atoms with Crippen molar-refractivity contribution >= 4 is 57.5 Å². The highest BCUT2D eigenvalue weighted by atomic mass is 32.2. The number of thiophene rings is 1. The normalized spacial score (nSPS) is 20.8. The summed E-state index contributed by atoms with van der Waals surface area (Å²) < 4.78 is 0.548. The minimum absolute atomic E-state index is 0.0814. The van der Waals surface area contributed by atoms with E-state index in [-0.39, 0.29) is 11.8 Å². The number of carbonyl (C=O) groups is 2. The summed E-state index contributed by atoms with van der Waals surface area (Å²) in [7, 11) is 0. The Balaban J connectivity index is 1.58. The van der Waals surface area contributed by atoms with Gasteiger partial charge in [0.2, 0.25) is 5.91 Å². The van der Waals surface area contributed by atoms with E-state index in [1.165, 1.54) is 24.6 Å². The number of carbonyl (C=O) groups excluding carboxylic acids is 2. The van der Waals surface area contributed by atoms with Gasteiger partial charge in [-0.15, -0.1) is 11.3 Å². The van der Waals surface area contributed by atoms with E-state index < -0.39 is 0 Å². The molecule has 2 amide bonds. The summed E-state index contributed by atoms with van der Waals surface area (Å²) in [5.74, 6) is 0.0512. The lowest BCUT2D eigenvalue weighted by Gasteiger charge is -2.22. The number of hydrogen-bond donors (Lipinski definition) is 0. The Morgan fingerprint density at radius 3 is 2.67 bits per heavy atom. The van der Waals surface area contributed by atoms with Gasteiger partial charge in [-0.3, -0.25) is 14.5 Å². The smallest absolute Gasteiger partial charge is 0.266 e. The van der Waals surface area contributed by atoms with Crippen LogP contribution in [-0.2, 0) is 9.59 Å². The molecule has 3 rings (SSSR count). The first-order valence-electron chi connectivity index (χ1n) is 8.22. The van der Waals surface area contributed by atoms with Crippen molar-refractivity contribution in [3.63, 3.8) is 0 Å². The van der Waals surface area contributed by atoms with Crippen LogP contribution < -0.4 is 0 Å². The van der Waals surface area contributed by atoms with Crippen LogP contribution in [0.3, 0.4) is 0 Å².